The van der Waals surface area contributed by atoms with Crippen molar-refractivity contribution in [1.82, 2.24) is 4.98 Å². The molecule has 1 heterocycles. The fourth-order valence-corrected chi connectivity index (χ4v) is 3.26. The molecule has 0 saturated heterocycles. The summed E-state index contributed by atoms with van der Waals surface area (Å²) in [6, 6.07) is 1.26. The van der Waals surface area contributed by atoms with E-state index in [2.05, 4.69) is 4.98 Å². The maximum Gasteiger partial charge on any atom is 0.336 e. The Kier molecular flexibility index (Phi) is 5.14. The average molecular weight is 406 g/mol. The van der Waals surface area contributed by atoms with Crippen LogP contribution in [0.4, 0.5) is 0 Å². The molecule has 0 fully saturated rings. The zero-order valence-corrected chi connectivity index (χ0v) is 14.3. The second-order valence-electron chi connectivity index (χ2n) is 3.77. The van der Waals surface area contributed by atoms with Gasteiger partial charge in [-0.3, -0.25) is 0 Å². The third-order valence-electron chi connectivity index (χ3n) is 2.59. The normalized spacial score (nSPS) is 10.8. The van der Waals surface area contributed by atoms with Crippen LogP contribution < -0.4 is 0 Å². The second kappa shape index (κ2) is 6.37. The molecule has 0 radical (unpaired) electrons. The third-order valence-corrected chi connectivity index (χ3v) is 5.16. The lowest BCUT2D eigenvalue weighted by atomic mass is 10.0. The topological polar surface area (TPSA) is 50.2 Å². The summed E-state index contributed by atoms with van der Waals surface area (Å²) in [5.74, 6) is -1.23. The summed E-state index contributed by atoms with van der Waals surface area (Å²) in [7, 11) is 0. The standard InChI is InChI=1S/C12H3Cl6NO2/c13-6-5(7(14)9(16)10(17)8(6)15)4-3(12(20)21)1-2-19-11(4)18/h1-2H,(H,20,21). The van der Waals surface area contributed by atoms with Crippen LogP contribution in [0.15, 0.2) is 12.3 Å². The minimum atomic E-state index is -1.23. The number of carbonyl (C=O) groups is 1. The fraction of sp³-hybridized carbons (Fsp3) is 0. The minimum absolute atomic E-state index is 0.0159. The lowest BCUT2D eigenvalue weighted by molar-refractivity contribution is 0.0697. The largest absolute Gasteiger partial charge is 0.478 e. The number of aromatic carboxylic acids is 1. The Labute approximate surface area is 149 Å². The van der Waals surface area contributed by atoms with Gasteiger partial charge in [0.1, 0.15) is 5.15 Å². The molecule has 3 nitrogen and oxygen atoms in total. The molecule has 21 heavy (non-hydrogen) atoms. The molecule has 1 aromatic heterocycles. The summed E-state index contributed by atoms with van der Waals surface area (Å²) in [5, 5.41) is 8.89. The number of benzene rings is 1. The number of pyridine rings is 1. The number of halogens is 6. The van der Waals surface area contributed by atoms with Gasteiger partial charge in [-0.15, -0.1) is 0 Å². The molecule has 1 N–H and O–H groups in total. The number of nitrogens with zero attached hydrogens (tertiary/aromatic N) is 1. The lowest BCUT2D eigenvalue weighted by Crippen LogP contribution is -2.02. The highest BCUT2D eigenvalue weighted by atomic mass is 35.5. The van der Waals surface area contributed by atoms with Crippen LogP contribution in [0.25, 0.3) is 11.1 Å². The highest BCUT2D eigenvalue weighted by molar-refractivity contribution is 6.56. The Morgan fingerprint density at radius 3 is 1.81 bits per heavy atom. The van der Waals surface area contributed by atoms with Gasteiger partial charge >= 0.3 is 5.97 Å². The number of carboxylic acid groups (broad SMARTS) is 1. The van der Waals surface area contributed by atoms with E-state index in [1.807, 2.05) is 0 Å². The van der Waals surface area contributed by atoms with E-state index in [9.17, 15) is 9.90 Å². The molecule has 0 amide bonds. The quantitative estimate of drug-likeness (QED) is 0.359. The zero-order chi connectivity index (χ0) is 15.9. The second-order valence-corrected chi connectivity index (χ2v) is 6.02. The highest BCUT2D eigenvalue weighted by Gasteiger charge is 2.26. The molecule has 0 aliphatic heterocycles. The maximum absolute atomic E-state index is 11.3. The SMILES string of the molecule is O=C(O)c1ccnc(Cl)c1-c1c(Cl)c(Cl)c(Cl)c(Cl)c1Cl. The van der Waals surface area contributed by atoms with Crippen LogP contribution in [-0.2, 0) is 0 Å². The Morgan fingerprint density at radius 2 is 1.33 bits per heavy atom. The number of aromatic nitrogens is 1. The van der Waals surface area contributed by atoms with Gasteiger partial charge in [0.15, 0.2) is 0 Å². The van der Waals surface area contributed by atoms with Crippen LogP contribution in [0, 0.1) is 0 Å². The fourth-order valence-electron chi connectivity index (χ4n) is 1.68. The van der Waals surface area contributed by atoms with Gasteiger partial charge in [0.2, 0.25) is 0 Å². The van der Waals surface area contributed by atoms with Crippen LogP contribution >= 0.6 is 69.6 Å². The number of hydrogen-bond donors (Lipinski definition) is 1. The predicted molar refractivity (Wildman–Crippen MR) is 86.7 cm³/mol. The predicted octanol–water partition coefficient (Wildman–Crippen LogP) is 6.37. The van der Waals surface area contributed by atoms with Crippen molar-refractivity contribution in [2.75, 3.05) is 0 Å². The number of rotatable bonds is 2. The molecule has 0 aliphatic carbocycles. The van der Waals surface area contributed by atoms with Gasteiger partial charge in [0.25, 0.3) is 0 Å². The van der Waals surface area contributed by atoms with Crippen molar-refractivity contribution >= 4 is 75.6 Å². The van der Waals surface area contributed by atoms with E-state index < -0.39 is 5.97 Å². The molecule has 2 rings (SSSR count). The minimum Gasteiger partial charge on any atom is -0.478 e. The van der Waals surface area contributed by atoms with Crippen molar-refractivity contribution in [1.29, 1.82) is 0 Å². The van der Waals surface area contributed by atoms with Gasteiger partial charge in [0.05, 0.1) is 30.7 Å². The Morgan fingerprint density at radius 1 is 0.857 bits per heavy atom. The summed E-state index contributed by atoms with van der Waals surface area (Å²) in [5.41, 5.74) is -0.0661. The first-order valence-corrected chi connectivity index (χ1v) is 7.43. The van der Waals surface area contributed by atoms with Crippen LogP contribution in [-0.4, -0.2) is 16.1 Å². The molecule has 110 valence electrons. The number of carboxylic acids is 1. The summed E-state index contributed by atoms with van der Waals surface area (Å²) < 4.78 is 0. The molecule has 0 aliphatic rings. The monoisotopic (exact) mass is 403 g/mol. The third kappa shape index (κ3) is 2.91. The van der Waals surface area contributed by atoms with E-state index >= 15 is 0 Å². The summed E-state index contributed by atoms with van der Waals surface area (Å²) in [4.78, 5) is 15.2. The molecule has 0 atom stereocenters. The van der Waals surface area contributed by atoms with Crippen molar-refractivity contribution in [2.24, 2.45) is 0 Å². The van der Waals surface area contributed by atoms with E-state index in [0.717, 1.165) is 0 Å². The van der Waals surface area contributed by atoms with Crippen LogP contribution in [0.1, 0.15) is 10.4 Å². The van der Waals surface area contributed by atoms with Crippen molar-refractivity contribution in [3.63, 3.8) is 0 Å². The van der Waals surface area contributed by atoms with Crippen LogP contribution in [0.3, 0.4) is 0 Å². The van der Waals surface area contributed by atoms with Gasteiger partial charge in [-0.25, -0.2) is 9.78 Å². The van der Waals surface area contributed by atoms with Crippen LogP contribution in [0.5, 0.6) is 0 Å². The van der Waals surface area contributed by atoms with E-state index in [1.54, 1.807) is 0 Å². The molecular weight excluding hydrogens is 403 g/mol. The molecule has 0 bridgehead atoms. The number of hydrogen-bond acceptors (Lipinski definition) is 2. The molecule has 1 aromatic carbocycles. The van der Waals surface area contributed by atoms with Gasteiger partial charge < -0.3 is 5.11 Å². The average Bonchev–Trinajstić information content (AvgIpc) is 2.44. The van der Waals surface area contributed by atoms with Gasteiger partial charge in [-0.2, -0.15) is 0 Å². The van der Waals surface area contributed by atoms with Crippen molar-refractivity contribution < 1.29 is 9.90 Å². The first-order chi connectivity index (χ1) is 9.77. The summed E-state index contributed by atoms with van der Waals surface area (Å²) in [6.45, 7) is 0. The Bertz CT molecular complexity index is 733. The molecular formula is C12H3Cl6NO2. The first-order valence-electron chi connectivity index (χ1n) is 5.17. The van der Waals surface area contributed by atoms with Crippen molar-refractivity contribution in [2.45, 2.75) is 0 Å². The lowest BCUT2D eigenvalue weighted by Gasteiger charge is -2.15. The summed E-state index contributed by atoms with van der Waals surface area (Å²) >= 11 is 36.1. The molecule has 2 aromatic rings. The molecule has 0 spiro atoms. The smallest absolute Gasteiger partial charge is 0.336 e. The first kappa shape index (κ1) is 16.9. The highest BCUT2D eigenvalue weighted by Crippen LogP contribution is 2.50. The Balaban J connectivity index is 2.96. The molecule has 0 saturated carbocycles. The van der Waals surface area contributed by atoms with Crippen molar-refractivity contribution in [3.05, 3.63) is 48.1 Å². The molecule has 9 heteroatoms. The van der Waals surface area contributed by atoms with E-state index in [0.29, 0.717) is 0 Å². The van der Waals surface area contributed by atoms with E-state index in [4.69, 9.17) is 69.6 Å². The molecule has 0 unspecified atom stereocenters. The van der Waals surface area contributed by atoms with Gasteiger partial charge in [-0.1, -0.05) is 69.6 Å². The van der Waals surface area contributed by atoms with Crippen molar-refractivity contribution in [3.8, 4) is 11.1 Å². The van der Waals surface area contributed by atoms with E-state index in [1.165, 1.54) is 12.3 Å². The van der Waals surface area contributed by atoms with Gasteiger partial charge in [0, 0.05) is 17.3 Å². The maximum atomic E-state index is 11.3. The van der Waals surface area contributed by atoms with E-state index in [-0.39, 0.29) is 47.0 Å². The Hall–Kier alpha value is -0.420. The van der Waals surface area contributed by atoms with Crippen LogP contribution in [0.2, 0.25) is 30.3 Å². The summed E-state index contributed by atoms with van der Waals surface area (Å²) in [6.07, 6.45) is 1.25. The van der Waals surface area contributed by atoms with Gasteiger partial charge in [-0.05, 0) is 6.07 Å². The zero-order valence-electron chi connectivity index (χ0n) is 9.73.